The molecule has 0 spiro atoms. The first-order chi connectivity index (χ1) is 25.2. The quantitative estimate of drug-likeness (QED) is 0.163. The summed E-state index contributed by atoms with van der Waals surface area (Å²) >= 11 is 0. The van der Waals surface area contributed by atoms with Crippen LogP contribution >= 0.6 is 0 Å². The highest BCUT2D eigenvalue weighted by Gasteiger charge is 2.28. The lowest BCUT2D eigenvalue weighted by Gasteiger charge is -2.36. The molecule has 0 aliphatic carbocycles. The van der Waals surface area contributed by atoms with Crippen LogP contribution in [0.15, 0.2) is 96.2 Å². The number of anilines is 1. The number of fused-ring (bicyclic) bond motifs is 1. The summed E-state index contributed by atoms with van der Waals surface area (Å²) in [6, 6.07) is 25.6. The molecule has 0 unspecified atom stereocenters. The minimum Gasteiger partial charge on any atom is -0.444 e. The van der Waals surface area contributed by atoms with Crippen molar-refractivity contribution in [1.82, 2.24) is 23.6 Å². The first kappa shape index (κ1) is 36.0. The Morgan fingerprint density at radius 3 is 2.19 bits per heavy atom. The zero-order valence-corrected chi connectivity index (χ0v) is 32.2. The maximum absolute atomic E-state index is 14.2. The number of hydrogen-bond acceptors (Lipinski definition) is 7. The lowest BCUT2D eigenvalue weighted by atomic mass is 10.0. The van der Waals surface area contributed by atoms with Crippen molar-refractivity contribution in [2.75, 3.05) is 31.1 Å². The number of amides is 1. The Labute approximate surface area is 311 Å². The monoisotopic (exact) mass is 730 g/mol. The number of hydrogen-bond donors (Lipinski definition) is 0. The topological polar surface area (TPSA) is 103 Å². The number of nitrogens with zero attached hydrogens (tertiary/aromatic N) is 6. The molecule has 10 nitrogen and oxygen atoms in total. The van der Waals surface area contributed by atoms with Gasteiger partial charge in [-0.15, -0.1) is 0 Å². The Kier molecular flexibility index (Phi) is 9.40. The van der Waals surface area contributed by atoms with Gasteiger partial charge in [0.2, 0.25) is 0 Å². The zero-order chi connectivity index (χ0) is 37.7. The van der Waals surface area contributed by atoms with E-state index >= 15 is 0 Å². The Morgan fingerprint density at radius 2 is 1.53 bits per heavy atom. The van der Waals surface area contributed by atoms with E-state index in [9.17, 15) is 13.2 Å². The van der Waals surface area contributed by atoms with Gasteiger partial charge in [-0.3, -0.25) is 4.68 Å². The number of rotatable bonds is 7. The molecule has 11 heteroatoms. The first-order valence-corrected chi connectivity index (χ1v) is 19.4. The summed E-state index contributed by atoms with van der Waals surface area (Å²) in [5, 5.41) is 5.65. The van der Waals surface area contributed by atoms with Crippen LogP contribution in [-0.2, 0) is 21.3 Å². The normalized spacial score (nSPS) is 13.9. The molecule has 7 rings (SSSR count). The minimum atomic E-state index is -3.97. The summed E-state index contributed by atoms with van der Waals surface area (Å²) in [4.78, 5) is 21.6. The summed E-state index contributed by atoms with van der Waals surface area (Å²) in [5.74, 6) is 0. The summed E-state index contributed by atoms with van der Waals surface area (Å²) in [6.07, 6.45) is 3.16. The highest BCUT2D eigenvalue weighted by atomic mass is 32.2. The molecule has 0 N–H and O–H groups in total. The Bertz CT molecular complexity index is 2420. The highest BCUT2D eigenvalue weighted by Crippen LogP contribution is 2.38. The van der Waals surface area contributed by atoms with Gasteiger partial charge in [-0.2, -0.15) is 5.10 Å². The molecule has 4 heterocycles. The van der Waals surface area contributed by atoms with E-state index in [4.69, 9.17) is 14.8 Å². The van der Waals surface area contributed by atoms with Crippen LogP contribution in [0, 0.1) is 27.7 Å². The number of carbonyl (C=O) groups is 1. The average molecular weight is 731 g/mol. The molecular formula is C42H46N6O4S. The molecule has 3 aromatic carbocycles. The number of ether oxygens (including phenoxy) is 1. The van der Waals surface area contributed by atoms with Gasteiger partial charge in [0.15, 0.2) is 5.65 Å². The SMILES string of the molecule is Cc1ccc(S(=O)(=O)n2cc(-c3c(C)nn(Cc4cccc(C)c4)c3C)c3cc(-c4ccc(N5CCN(C(=O)OC(C)(C)C)CC5)cc4)cnc32)cc1. The highest BCUT2D eigenvalue weighted by molar-refractivity contribution is 7.90. The van der Waals surface area contributed by atoms with Crippen molar-refractivity contribution in [2.45, 2.75) is 65.5 Å². The molecular weight excluding hydrogens is 685 g/mol. The number of piperazine rings is 1. The smallest absolute Gasteiger partial charge is 0.410 e. The number of carbonyl (C=O) groups excluding carboxylic acids is 1. The number of aromatic nitrogens is 4. The molecule has 1 amide bonds. The molecule has 6 aromatic rings. The van der Waals surface area contributed by atoms with E-state index in [0.29, 0.717) is 38.4 Å². The third-order valence-electron chi connectivity index (χ3n) is 9.75. The van der Waals surface area contributed by atoms with Gasteiger partial charge in [0.25, 0.3) is 10.0 Å². The predicted octanol–water partition coefficient (Wildman–Crippen LogP) is 8.14. The second kappa shape index (κ2) is 13.9. The van der Waals surface area contributed by atoms with Gasteiger partial charge in [0.05, 0.1) is 17.1 Å². The van der Waals surface area contributed by atoms with Crippen LogP contribution in [0.3, 0.4) is 0 Å². The summed E-state index contributed by atoms with van der Waals surface area (Å²) < 4.78 is 37.2. The zero-order valence-electron chi connectivity index (χ0n) is 31.4. The molecule has 1 saturated heterocycles. The summed E-state index contributed by atoms with van der Waals surface area (Å²) in [7, 11) is -3.97. The van der Waals surface area contributed by atoms with Crippen molar-refractivity contribution in [3.8, 4) is 22.3 Å². The second-order valence-electron chi connectivity index (χ2n) is 14.9. The Hall–Kier alpha value is -5.42. The van der Waals surface area contributed by atoms with Crippen molar-refractivity contribution in [3.05, 3.63) is 119 Å². The van der Waals surface area contributed by atoms with Crippen LogP contribution in [0.1, 0.15) is 48.8 Å². The molecule has 1 aliphatic rings. The molecule has 3 aromatic heterocycles. The van der Waals surface area contributed by atoms with Crippen molar-refractivity contribution in [1.29, 1.82) is 0 Å². The van der Waals surface area contributed by atoms with Crippen LogP contribution in [0.25, 0.3) is 33.3 Å². The largest absolute Gasteiger partial charge is 0.444 e. The fourth-order valence-electron chi connectivity index (χ4n) is 7.01. The number of benzene rings is 3. The molecule has 0 radical (unpaired) electrons. The Balaban J connectivity index is 1.24. The fourth-order valence-corrected chi connectivity index (χ4v) is 8.33. The van der Waals surface area contributed by atoms with Gasteiger partial charge in [-0.05, 0) is 89.9 Å². The second-order valence-corrected chi connectivity index (χ2v) is 16.8. The van der Waals surface area contributed by atoms with Gasteiger partial charge in [0.1, 0.15) is 5.60 Å². The number of aryl methyl sites for hydroxylation is 3. The lowest BCUT2D eigenvalue weighted by molar-refractivity contribution is 0.0240. The van der Waals surface area contributed by atoms with Gasteiger partial charge in [-0.1, -0.05) is 59.7 Å². The summed E-state index contributed by atoms with van der Waals surface area (Å²) in [6.45, 7) is 16.8. The van der Waals surface area contributed by atoms with E-state index < -0.39 is 15.6 Å². The molecule has 1 fully saturated rings. The van der Waals surface area contributed by atoms with E-state index in [-0.39, 0.29) is 11.0 Å². The third kappa shape index (κ3) is 7.30. The van der Waals surface area contributed by atoms with Crippen LogP contribution in [0.5, 0.6) is 0 Å². The summed E-state index contributed by atoms with van der Waals surface area (Å²) in [5.41, 5.74) is 9.42. The van der Waals surface area contributed by atoms with Gasteiger partial charge < -0.3 is 14.5 Å². The van der Waals surface area contributed by atoms with E-state index in [2.05, 4.69) is 54.3 Å². The fraction of sp³-hybridized carbons (Fsp3) is 0.310. The van der Waals surface area contributed by atoms with Crippen molar-refractivity contribution < 1.29 is 17.9 Å². The van der Waals surface area contributed by atoms with Crippen LogP contribution in [-0.4, -0.2) is 69.9 Å². The van der Waals surface area contributed by atoms with E-state index in [0.717, 1.165) is 55.8 Å². The van der Waals surface area contributed by atoms with Crippen molar-refractivity contribution in [3.63, 3.8) is 0 Å². The Morgan fingerprint density at radius 1 is 0.830 bits per heavy atom. The minimum absolute atomic E-state index is 0.198. The van der Waals surface area contributed by atoms with Crippen LogP contribution in [0.2, 0.25) is 0 Å². The third-order valence-corrected chi connectivity index (χ3v) is 11.4. The molecule has 53 heavy (non-hydrogen) atoms. The van der Waals surface area contributed by atoms with E-state index in [1.807, 2.05) is 58.4 Å². The molecule has 0 bridgehead atoms. The van der Waals surface area contributed by atoms with Gasteiger partial charge >= 0.3 is 6.09 Å². The maximum atomic E-state index is 14.2. The molecule has 274 valence electrons. The maximum Gasteiger partial charge on any atom is 0.410 e. The van der Waals surface area contributed by atoms with Crippen molar-refractivity contribution in [2.24, 2.45) is 0 Å². The molecule has 0 saturated carbocycles. The average Bonchev–Trinajstić information content (AvgIpc) is 3.63. The standard InChI is InChI=1S/C42H46N6O4S/c1-28-11-17-36(18-12-28)53(50,51)48-27-38(39-30(3)44-47(31(39)4)26-32-10-8-9-29(2)23-32)37-24-34(25-43-40(37)48)33-13-15-35(16-14-33)45-19-21-46(22-20-45)41(49)52-42(5,6)7/h8-18,23-25,27H,19-22,26H2,1-7H3. The number of pyridine rings is 1. The van der Waals surface area contributed by atoms with E-state index in [1.54, 1.807) is 41.6 Å². The first-order valence-electron chi connectivity index (χ1n) is 17.9. The molecule has 1 aliphatic heterocycles. The molecule has 0 atom stereocenters. The van der Waals surface area contributed by atoms with Gasteiger partial charge in [0, 0.05) is 72.0 Å². The van der Waals surface area contributed by atoms with Crippen LogP contribution < -0.4 is 4.90 Å². The van der Waals surface area contributed by atoms with Crippen molar-refractivity contribution >= 4 is 32.8 Å². The predicted molar refractivity (Wildman–Crippen MR) is 210 cm³/mol. The van der Waals surface area contributed by atoms with Crippen LogP contribution in [0.4, 0.5) is 10.5 Å². The van der Waals surface area contributed by atoms with Gasteiger partial charge in [-0.25, -0.2) is 22.2 Å². The lowest BCUT2D eigenvalue weighted by Crippen LogP contribution is -2.50. The van der Waals surface area contributed by atoms with E-state index in [1.165, 1.54) is 9.54 Å².